The van der Waals surface area contributed by atoms with Gasteiger partial charge in [-0.05, 0) is 18.4 Å². The van der Waals surface area contributed by atoms with Crippen LogP contribution in [0.4, 0.5) is 0 Å². The van der Waals surface area contributed by atoms with Gasteiger partial charge in [0, 0.05) is 26.1 Å². The van der Waals surface area contributed by atoms with Gasteiger partial charge in [0.1, 0.15) is 0 Å². The summed E-state index contributed by atoms with van der Waals surface area (Å²) >= 11 is 0. The molecule has 5 nitrogen and oxygen atoms in total. The molecule has 2 fully saturated rings. The highest BCUT2D eigenvalue weighted by Gasteiger charge is 2.50. The lowest BCUT2D eigenvalue weighted by atomic mass is 9.68. The molecule has 1 aromatic carbocycles. The van der Waals surface area contributed by atoms with Crippen LogP contribution in [-0.2, 0) is 14.3 Å². The Morgan fingerprint density at radius 3 is 2.48 bits per heavy atom. The van der Waals surface area contributed by atoms with E-state index in [1.165, 1.54) is 0 Å². The topological polar surface area (TPSA) is 66.8 Å². The van der Waals surface area contributed by atoms with E-state index >= 15 is 0 Å². The van der Waals surface area contributed by atoms with Crippen LogP contribution < -0.4 is 0 Å². The van der Waals surface area contributed by atoms with Gasteiger partial charge in [-0.25, -0.2) is 0 Å². The summed E-state index contributed by atoms with van der Waals surface area (Å²) in [5, 5.41) is 9.56. The number of amides is 1. The summed E-state index contributed by atoms with van der Waals surface area (Å²) in [6, 6.07) is 9.64. The largest absolute Gasteiger partial charge is 0.481 e. The molecule has 0 aromatic heterocycles. The minimum absolute atomic E-state index is 0.0651. The summed E-state index contributed by atoms with van der Waals surface area (Å²) in [5.41, 5.74) is 0.563. The predicted molar refractivity (Wildman–Crippen MR) is 85.0 cm³/mol. The number of likely N-dealkylation sites (tertiary alicyclic amines) is 1. The molecule has 1 aliphatic heterocycles. The Balaban J connectivity index is 1.80. The number of methoxy groups -OCH3 is 1. The van der Waals surface area contributed by atoms with Crippen molar-refractivity contribution >= 4 is 11.9 Å². The van der Waals surface area contributed by atoms with Crippen molar-refractivity contribution in [3.8, 4) is 0 Å². The summed E-state index contributed by atoms with van der Waals surface area (Å²) in [7, 11) is 1.62. The fourth-order valence-corrected chi connectivity index (χ4v) is 3.89. The molecular weight excluding hydrogens is 294 g/mol. The highest BCUT2D eigenvalue weighted by atomic mass is 16.5. The number of rotatable bonds is 5. The normalized spacial score (nSPS) is 25.9. The van der Waals surface area contributed by atoms with E-state index in [1.54, 1.807) is 12.0 Å². The van der Waals surface area contributed by atoms with Crippen LogP contribution in [0.15, 0.2) is 30.3 Å². The molecular formula is C18H23NO4. The molecule has 1 aliphatic carbocycles. The zero-order valence-electron chi connectivity index (χ0n) is 13.4. The van der Waals surface area contributed by atoms with E-state index in [9.17, 15) is 14.7 Å². The Kier molecular flexibility index (Phi) is 4.39. The van der Waals surface area contributed by atoms with Gasteiger partial charge in [0.2, 0.25) is 5.91 Å². The van der Waals surface area contributed by atoms with E-state index in [0.29, 0.717) is 19.7 Å². The number of carbonyl (C=O) groups is 2. The first-order chi connectivity index (χ1) is 11.1. The van der Waals surface area contributed by atoms with E-state index in [4.69, 9.17) is 4.74 Å². The number of hydrogen-bond donors (Lipinski definition) is 1. The minimum Gasteiger partial charge on any atom is -0.481 e. The van der Waals surface area contributed by atoms with Crippen molar-refractivity contribution in [2.75, 3.05) is 26.8 Å². The Hall–Kier alpha value is -1.88. The number of carboxylic acids is 1. The molecule has 23 heavy (non-hydrogen) atoms. The maximum Gasteiger partial charge on any atom is 0.308 e. The highest BCUT2D eigenvalue weighted by molar-refractivity contribution is 5.85. The standard InChI is InChI=1S/C18H23NO4/c1-23-12-18(8-5-9-18)17(22)19-10-14(15(11-19)16(20)21)13-6-3-2-4-7-13/h2-4,6-7,14-15H,5,8-12H2,1H3,(H,20,21)/t14-,15+/m1/s1. The molecule has 1 saturated carbocycles. The molecule has 1 saturated heterocycles. The van der Waals surface area contributed by atoms with Gasteiger partial charge in [-0.3, -0.25) is 9.59 Å². The van der Waals surface area contributed by atoms with E-state index in [0.717, 1.165) is 24.8 Å². The van der Waals surface area contributed by atoms with Gasteiger partial charge in [0.05, 0.1) is 17.9 Å². The molecule has 2 atom stereocenters. The smallest absolute Gasteiger partial charge is 0.308 e. The first kappa shape index (κ1) is 16.0. The van der Waals surface area contributed by atoms with Crippen molar-refractivity contribution in [3.63, 3.8) is 0 Å². The van der Waals surface area contributed by atoms with Gasteiger partial charge in [0.25, 0.3) is 0 Å². The first-order valence-corrected chi connectivity index (χ1v) is 8.13. The van der Waals surface area contributed by atoms with Gasteiger partial charge in [-0.1, -0.05) is 36.8 Å². The van der Waals surface area contributed by atoms with Gasteiger partial charge < -0.3 is 14.7 Å². The molecule has 0 unspecified atom stereocenters. The Bertz CT molecular complexity index is 582. The maximum atomic E-state index is 12.9. The van der Waals surface area contributed by atoms with Crippen molar-refractivity contribution in [2.45, 2.75) is 25.2 Å². The summed E-state index contributed by atoms with van der Waals surface area (Å²) in [5.74, 6) is -1.45. The minimum atomic E-state index is -0.830. The zero-order valence-corrected chi connectivity index (χ0v) is 13.4. The van der Waals surface area contributed by atoms with Gasteiger partial charge in [-0.2, -0.15) is 0 Å². The van der Waals surface area contributed by atoms with E-state index < -0.39 is 17.3 Å². The summed E-state index contributed by atoms with van der Waals surface area (Å²) < 4.78 is 5.25. The number of hydrogen-bond acceptors (Lipinski definition) is 3. The number of benzene rings is 1. The Morgan fingerprint density at radius 1 is 1.26 bits per heavy atom. The lowest BCUT2D eigenvalue weighted by Gasteiger charge is -2.42. The summed E-state index contributed by atoms with van der Waals surface area (Å²) in [4.78, 5) is 26.3. The fraction of sp³-hybridized carbons (Fsp3) is 0.556. The van der Waals surface area contributed by atoms with Crippen LogP contribution >= 0.6 is 0 Å². The SMILES string of the molecule is COCC1(C(=O)N2C[C@H](C(=O)O)[C@@H](c3ccccc3)C2)CCC1. The first-order valence-electron chi connectivity index (χ1n) is 8.13. The van der Waals surface area contributed by atoms with Crippen molar-refractivity contribution in [1.29, 1.82) is 0 Å². The van der Waals surface area contributed by atoms with Crippen LogP contribution in [0, 0.1) is 11.3 Å². The van der Waals surface area contributed by atoms with Crippen LogP contribution in [0.2, 0.25) is 0 Å². The average molecular weight is 317 g/mol. The molecule has 124 valence electrons. The zero-order chi connectivity index (χ0) is 16.4. The van der Waals surface area contributed by atoms with Crippen LogP contribution in [0.25, 0.3) is 0 Å². The molecule has 1 N–H and O–H groups in total. The second kappa shape index (κ2) is 6.32. The number of nitrogens with zero attached hydrogens (tertiary/aromatic N) is 1. The van der Waals surface area contributed by atoms with Crippen molar-refractivity contribution in [3.05, 3.63) is 35.9 Å². The van der Waals surface area contributed by atoms with Crippen LogP contribution in [0.5, 0.6) is 0 Å². The highest BCUT2D eigenvalue weighted by Crippen LogP contribution is 2.45. The lowest BCUT2D eigenvalue weighted by Crippen LogP contribution is -2.50. The molecule has 2 aliphatic rings. The molecule has 0 radical (unpaired) electrons. The van der Waals surface area contributed by atoms with E-state index in [2.05, 4.69) is 0 Å². The number of carbonyl (C=O) groups excluding carboxylic acids is 1. The van der Waals surface area contributed by atoms with E-state index in [-0.39, 0.29) is 11.8 Å². The molecule has 1 amide bonds. The van der Waals surface area contributed by atoms with Crippen LogP contribution in [0.1, 0.15) is 30.7 Å². The molecule has 0 bridgehead atoms. The number of aliphatic carboxylic acids is 1. The second-order valence-corrected chi connectivity index (χ2v) is 6.74. The van der Waals surface area contributed by atoms with Crippen molar-refractivity contribution < 1.29 is 19.4 Å². The quantitative estimate of drug-likeness (QED) is 0.903. The monoisotopic (exact) mass is 317 g/mol. The molecule has 1 heterocycles. The molecule has 3 rings (SSSR count). The fourth-order valence-electron chi connectivity index (χ4n) is 3.89. The van der Waals surface area contributed by atoms with Gasteiger partial charge in [0.15, 0.2) is 0 Å². The number of ether oxygens (including phenoxy) is 1. The van der Waals surface area contributed by atoms with Crippen LogP contribution in [-0.4, -0.2) is 48.7 Å². The summed E-state index contributed by atoms with van der Waals surface area (Å²) in [6.07, 6.45) is 2.71. The molecule has 5 heteroatoms. The van der Waals surface area contributed by atoms with Crippen LogP contribution in [0.3, 0.4) is 0 Å². The Labute approximate surface area is 136 Å². The third kappa shape index (κ3) is 2.85. The van der Waals surface area contributed by atoms with Crippen molar-refractivity contribution in [1.82, 2.24) is 4.90 Å². The third-order valence-corrected chi connectivity index (χ3v) is 5.34. The second-order valence-electron chi connectivity index (χ2n) is 6.74. The third-order valence-electron chi connectivity index (χ3n) is 5.34. The number of carboxylic acid groups (broad SMARTS) is 1. The van der Waals surface area contributed by atoms with Gasteiger partial charge >= 0.3 is 5.97 Å². The van der Waals surface area contributed by atoms with E-state index in [1.807, 2.05) is 30.3 Å². The Morgan fingerprint density at radius 2 is 1.96 bits per heavy atom. The van der Waals surface area contributed by atoms with Crippen molar-refractivity contribution in [2.24, 2.45) is 11.3 Å². The molecule has 1 aromatic rings. The van der Waals surface area contributed by atoms with Gasteiger partial charge in [-0.15, -0.1) is 0 Å². The maximum absolute atomic E-state index is 12.9. The average Bonchev–Trinajstić information content (AvgIpc) is 2.96. The predicted octanol–water partition coefficient (Wildman–Crippen LogP) is 2.13. The molecule has 0 spiro atoms. The lowest BCUT2D eigenvalue weighted by molar-refractivity contribution is -0.151. The summed E-state index contributed by atoms with van der Waals surface area (Å²) in [6.45, 7) is 1.19.